The van der Waals surface area contributed by atoms with E-state index < -0.39 is 35.9 Å². The number of halogens is 1. The number of carbonyl (C=O) groups excluding carboxylic acids is 3. The highest BCUT2D eigenvalue weighted by Gasteiger charge is 2.37. The Hall–Kier alpha value is -4.05. The molecule has 10 nitrogen and oxygen atoms in total. The lowest BCUT2D eigenvalue weighted by atomic mass is 9.99. The summed E-state index contributed by atoms with van der Waals surface area (Å²) in [5.74, 6) is -1.21. The molecule has 240 valence electrons. The van der Waals surface area contributed by atoms with Gasteiger partial charge in [-0.25, -0.2) is 9.59 Å². The number of hydrogen-bond donors (Lipinski definition) is 5. The SMILES string of the molecule is CC(C)C[C@H](NC(=O)N1C[C@@H]2CC[C@@H](C2)C1)C(=O)N[C@H](Cc1c[nH]c2ccccc12)C(=O)N[C@H](Cc1ccc(Cl)cc1)C(=O)O. The summed E-state index contributed by atoms with van der Waals surface area (Å²) in [5, 5.41) is 19.8. The molecular weight excluding hydrogens is 594 g/mol. The Labute approximate surface area is 268 Å². The molecule has 0 unspecified atom stereocenters. The van der Waals surface area contributed by atoms with Gasteiger partial charge in [-0.2, -0.15) is 0 Å². The maximum Gasteiger partial charge on any atom is 0.326 e. The number of fused-ring (bicyclic) bond motifs is 3. The van der Waals surface area contributed by atoms with Gasteiger partial charge >= 0.3 is 12.0 Å². The Kier molecular flexibility index (Phi) is 10.3. The fourth-order valence-electron chi connectivity index (χ4n) is 6.65. The maximum atomic E-state index is 13.8. The van der Waals surface area contributed by atoms with Crippen LogP contribution in [0.2, 0.25) is 5.02 Å². The number of aromatic amines is 1. The minimum Gasteiger partial charge on any atom is -0.480 e. The van der Waals surface area contributed by atoms with Crippen LogP contribution in [0, 0.1) is 17.8 Å². The van der Waals surface area contributed by atoms with Crippen molar-refractivity contribution in [3.63, 3.8) is 0 Å². The number of aliphatic carboxylic acids is 1. The third-order valence-electron chi connectivity index (χ3n) is 8.92. The second kappa shape index (κ2) is 14.4. The number of benzene rings is 2. The second-order valence-electron chi connectivity index (χ2n) is 12.9. The Morgan fingerprint density at radius 3 is 2.20 bits per heavy atom. The maximum absolute atomic E-state index is 13.8. The summed E-state index contributed by atoms with van der Waals surface area (Å²) in [6.45, 7) is 5.32. The lowest BCUT2D eigenvalue weighted by Crippen LogP contribution is -2.58. The molecule has 5 N–H and O–H groups in total. The van der Waals surface area contributed by atoms with Gasteiger partial charge in [0.05, 0.1) is 0 Å². The van der Waals surface area contributed by atoms with E-state index in [4.69, 9.17) is 11.6 Å². The zero-order chi connectivity index (χ0) is 32.1. The Bertz CT molecular complexity index is 1510. The molecule has 2 heterocycles. The van der Waals surface area contributed by atoms with Crippen molar-refractivity contribution in [2.24, 2.45) is 17.8 Å². The second-order valence-corrected chi connectivity index (χ2v) is 13.4. The predicted octanol–water partition coefficient (Wildman–Crippen LogP) is 4.52. The van der Waals surface area contributed by atoms with E-state index in [1.807, 2.05) is 43.0 Å². The molecule has 5 rings (SSSR count). The number of hydrogen-bond acceptors (Lipinski definition) is 4. The highest BCUT2D eigenvalue weighted by molar-refractivity contribution is 6.30. The first-order valence-electron chi connectivity index (χ1n) is 15.7. The summed E-state index contributed by atoms with van der Waals surface area (Å²) < 4.78 is 0. The predicted molar refractivity (Wildman–Crippen MR) is 173 cm³/mol. The molecule has 1 aliphatic heterocycles. The van der Waals surface area contributed by atoms with E-state index in [0.29, 0.717) is 41.9 Å². The fourth-order valence-corrected chi connectivity index (χ4v) is 6.77. The number of likely N-dealkylation sites (tertiary alicyclic amines) is 1. The fraction of sp³-hybridized carbons (Fsp3) is 0.471. The Morgan fingerprint density at radius 1 is 0.889 bits per heavy atom. The van der Waals surface area contributed by atoms with E-state index in [2.05, 4.69) is 20.9 Å². The van der Waals surface area contributed by atoms with E-state index in [1.165, 1.54) is 0 Å². The number of aromatic nitrogens is 1. The first-order chi connectivity index (χ1) is 21.5. The van der Waals surface area contributed by atoms with E-state index >= 15 is 0 Å². The first kappa shape index (κ1) is 32.3. The van der Waals surface area contributed by atoms with Gasteiger partial charge < -0.3 is 30.9 Å². The zero-order valence-corrected chi connectivity index (χ0v) is 26.5. The lowest BCUT2D eigenvalue weighted by molar-refractivity contribution is -0.142. The van der Waals surface area contributed by atoms with Crippen molar-refractivity contribution in [2.45, 2.75) is 70.5 Å². The molecule has 2 aliphatic rings. The minimum absolute atomic E-state index is 0.0375. The molecule has 1 saturated carbocycles. The topological polar surface area (TPSA) is 144 Å². The molecule has 4 amide bonds. The molecule has 5 atom stereocenters. The van der Waals surface area contributed by atoms with Crippen molar-refractivity contribution in [1.82, 2.24) is 25.8 Å². The molecule has 0 radical (unpaired) electrons. The molecular formula is C34H42ClN5O5. The van der Waals surface area contributed by atoms with Crippen LogP contribution in [0.3, 0.4) is 0 Å². The number of nitrogens with one attached hydrogen (secondary N) is 4. The summed E-state index contributed by atoms with van der Waals surface area (Å²) in [5.41, 5.74) is 2.36. The van der Waals surface area contributed by atoms with E-state index in [0.717, 1.165) is 35.7 Å². The van der Waals surface area contributed by atoms with Gasteiger partial charge in [0.1, 0.15) is 18.1 Å². The van der Waals surface area contributed by atoms with Gasteiger partial charge in [0.2, 0.25) is 11.8 Å². The van der Waals surface area contributed by atoms with Gasteiger partial charge in [0.25, 0.3) is 0 Å². The number of para-hydroxylation sites is 1. The molecule has 0 spiro atoms. The number of carbonyl (C=O) groups is 4. The van der Waals surface area contributed by atoms with Gasteiger partial charge in [-0.15, -0.1) is 0 Å². The van der Waals surface area contributed by atoms with Crippen LogP contribution in [0.1, 0.15) is 50.7 Å². The normalized spacial score (nSPS) is 19.6. The summed E-state index contributed by atoms with van der Waals surface area (Å²) in [7, 11) is 0. The van der Waals surface area contributed by atoms with E-state index in [-0.39, 0.29) is 24.8 Å². The summed E-state index contributed by atoms with van der Waals surface area (Å²) >= 11 is 5.98. The van der Waals surface area contributed by atoms with Gasteiger partial charge in [0, 0.05) is 48.1 Å². The van der Waals surface area contributed by atoms with Gasteiger partial charge in [-0.3, -0.25) is 9.59 Å². The number of nitrogens with zero attached hydrogens (tertiary/aromatic N) is 1. The number of carboxylic acids is 1. The molecule has 3 aromatic rings. The smallest absolute Gasteiger partial charge is 0.326 e. The van der Waals surface area contributed by atoms with Crippen LogP contribution in [-0.2, 0) is 27.2 Å². The van der Waals surface area contributed by atoms with Crippen molar-refractivity contribution in [1.29, 1.82) is 0 Å². The van der Waals surface area contributed by atoms with Crippen LogP contribution in [0.5, 0.6) is 0 Å². The van der Waals surface area contributed by atoms with E-state index in [9.17, 15) is 24.3 Å². The minimum atomic E-state index is -1.23. The molecule has 1 saturated heterocycles. The van der Waals surface area contributed by atoms with Crippen LogP contribution < -0.4 is 16.0 Å². The highest BCUT2D eigenvalue weighted by atomic mass is 35.5. The standard InChI is InChI=1S/C34H42ClN5O5/c1-20(2)13-28(39-34(45)40-18-22-7-8-23(14-22)19-40)31(41)37-29(16-24-17-36-27-6-4-3-5-26(24)27)32(42)38-30(33(43)44)15-21-9-11-25(35)12-10-21/h3-6,9-12,17,20,22-23,28-30,36H,7-8,13-16,18-19H2,1-2H3,(H,37,41)(H,38,42)(H,39,45)(H,43,44)/t22-,23+,28-,29+,30+/m0/s1. The van der Waals surface area contributed by atoms with Gasteiger partial charge in [0.15, 0.2) is 0 Å². The van der Waals surface area contributed by atoms with Crippen LogP contribution in [0.4, 0.5) is 4.79 Å². The third-order valence-corrected chi connectivity index (χ3v) is 9.17. The summed E-state index contributed by atoms with van der Waals surface area (Å²) in [6, 6.07) is 10.9. The van der Waals surface area contributed by atoms with Crippen LogP contribution in [0.15, 0.2) is 54.7 Å². The number of piperidine rings is 1. The average Bonchev–Trinajstić information content (AvgIpc) is 3.57. The Morgan fingerprint density at radius 2 is 1.53 bits per heavy atom. The van der Waals surface area contributed by atoms with Crippen LogP contribution in [-0.4, -0.2) is 70.0 Å². The van der Waals surface area contributed by atoms with Crippen molar-refractivity contribution in [3.8, 4) is 0 Å². The first-order valence-corrected chi connectivity index (χ1v) is 16.1. The highest BCUT2D eigenvalue weighted by Crippen LogP contribution is 2.36. The largest absolute Gasteiger partial charge is 0.480 e. The number of amides is 4. The number of carboxylic acid groups (broad SMARTS) is 1. The lowest BCUT2D eigenvalue weighted by Gasteiger charge is -2.33. The van der Waals surface area contributed by atoms with Crippen LogP contribution in [0.25, 0.3) is 10.9 Å². The number of rotatable bonds is 12. The molecule has 2 bridgehead atoms. The molecule has 45 heavy (non-hydrogen) atoms. The molecule has 1 aliphatic carbocycles. The molecule has 2 aromatic carbocycles. The van der Waals surface area contributed by atoms with E-state index in [1.54, 1.807) is 30.5 Å². The average molecular weight is 636 g/mol. The number of H-pyrrole nitrogens is 1. The summed E-state index contributed by atoms with van der Waals surface area (Å²) in [4.78, 5) is 58.2. The van der Waals surface area contributed by atoms with Gasteiger partial charge in [-0.1, -0.05) is 55.8 Å². The quantitative estimate of drug-likeness (QED) is 0.199. The van der Waals surface area contributed by atoms with Crippen molar-refractivity contribution >= 4 is 46.3 Å². The Balaban J connectivity index is 1.34. The third kappa shape index (κ3) is 8.36. The molecule has 2 fully saturated rings. The van der Waals surface area contributed by atoms with Crippen molar-refractivity contribution < 1.29 is 24.3 Å². The molecule has 11 heteroatoms. The van der Waals surface area contributed by atoms with Crippen LogP contribution >= 0.6 is 11.6 Å². The summed E-state index contributed by atoms with van der Waals surface area (Å²) in [6.07, 6.45) is 5.74. The number of urea groups is 1. The van der Waals surface area contributed by atoms with Gasteiger partial charge in [-0.05, 0) is 72.8 Å². The monoisotopic (exact) mass is 635 g/mol. The van der Waals surface area contributed by atoms with Crippen molar-refractivity contribution in [3.05, 3.63) is 70.9 Å². The zero-order valence-electron chi connectivity index (χ0n) is 25.7. The molecule has 1 aromatic heterocycles. The van der Waals surface area contributed by atoms with Crippen molar-refractivity contribution in [2.75, 3.05) is 13.1 Å².